The molecule has 0 atom stereocenters. The molecule has 1 aliphatic rings. The second-order valence-electron chi connectivity index (χ2n) is 7.25. The summed E-state index contributed by atoms with van der Waals surface area (Å²) in [6, 6.07) is 12.3. The van der Waals surface area contributed by atoms with Crippen LogP contribution in [0.1, 0.15) is 24.0 Å². The van der Waals surface area contributed by atoms with Crippen molar-refractivity contribution in [2.45, 2.75) is 25.4 Å². The number of piperidine rings is 1. The maximum atomic E-state index is 12.9. The number of amides is 1. The molecule has 0 unspecified atom stereocenters. The summed E-state index contributed by atoms with van der Waals surface area (Å²) in [6.07, 6.45) is -2.96. The number of anilines is 1. The second kappa shape index (κ2) is 9.15. The quantitative estimate of drug-likeness (QED) is 0.561. The number of rotatable bonds is 6. The first-order valence-electron chi connectivity index (χ1n) is 9.68. The molecule has 1 amide bonds. The molecule has 160 valence electrons. The van der Waals surface area contributed by atoms with Crippen LogP contribution >= 0.6 is 0 Å². The van der Waals surface area contributed by atoms with Gasteiger partial charge in [0.15, 0.2) is 0 Å². The van der Waals surface area contributed by atoms with E-state index in [4.69, 9.17) is 0 Å². The molecule has 9 heteroatoms. The van der Waals surface area contributed by atoms with Crippen LogP contribution in [0.25, 0.3) is 0 Å². The van der Waals surface area contributed by atoms with E-state index in [1.54, 1.807) is 4.90 Å². The van der Waals surface area contributed by atoms with Gasteiger partial charge in [0.25, 0.3) is 5.69 Å². The highest BCUT2D eigenvalue weighted by Gasteiger charge is 2.34. The Bertz CT molecular complexity index is 895. The van der Waals surface area contributed by atoms with Crippen molar-refractivity contribution in [2.75, 3.05) is 24.5 Å². The molecule has 0 radical (unpaired) electrons. The molecule has 0 saturated carbocycles. The summed E-state index contributed by atoms with van der Waals surface area (Å²) < 4.78 is 38.6. The number of carbonyl (C=O) groups excluding carboxylic acids is 1. The fourth-order valence-corrected chi connectivity index (χ4v) is 3.62. The number of carbonyl (C=O) groups is 1. The van der Waals surface area contributed by atoms with Crippen LogP contribution in [0.5, 0.6) is 0 Å². The topological polar surface area (TPSA) is 75.5 Å². The summed E-state index contributed by atoms with van der Waals surface area (Å²) in [5.41, 5.74) is -0.348. The van der Waals surface area contributed by atoms with Crippen molar-refractivity contribution in [3.8, 4) is 0 Å². The van der Waals surface area contributed by atoms with Crippen molar-refractivity contribution >= 4 is 17.3 Å². The summed E-state index contributed by atoms with van der Waals surface area (Å²) in [7, 11) is 0. The third-order valence-electron chi connectivity index (χ3n) is 5.26. The molecule has 3 rings (SSSR count). The number of nitrogens with one attached hydrogen (secondary N) is 1. The molecule has 0 aliphatic carbocycles. The number of nitro benzene ring substituents is 1. The van der Waals surface area contributed by atoms with Gasteiger partial charge in [-0.3, -0.25) is 14.9 Å². The first kappa shape index (κ1) is 21.6. The Kier molecular flexibility index (Phi) is 6.59. The third kappa shape index (κ3) is 5.28. The lowest BCUT2D eigenvalue weighted by atomic mass is 9.95. The minimum atomic E-state index is -4.64. The number of halogens is 3. The summed E-state index contributed by atoms with van der Waals surface area (Å²) in [5, 5.41) is 14.2. The lowest BCUT2D eigenvalue weighted by Crippen LogP contribution is -2.41. The first-order valence-corrected chi connectivity index (χ1v) is 9.68. The molecule has 0 spiro atoms. The molecule has 2 aromatic carbocycles. The standard InChI is InChI=1S/C21H22F3N3O3/c22-21(23,24)17-6-7-18(19(14-17)27(29)30)26-12-9-16(10-13-26)20(28)25-11-8-15-4-2-1-3-5-15/h1-7,14,16H,8-13H2,(H,25,28). The Morgan fingerprint density at radius 3 is 2.40 bits per heavy atom. The van der Waals surface area contributed by atoms with Gasteiger partial charge in [-0.1, -0.05) is 30.3 Å². The van der Waals surface area contributed by atoms with E-state index in [2.05, 4.69) is 5.32 Å². The molecular weight excluding hydrogens is 399 g/mol. The average Bonchev–Trinajstić information content (AvgIpc) is 2.73. The average molecular weight is 421 g/mol. The van der Waals surface area contributed by atoms with Gasteiger partial charge in [-0.2, -0.15) is 13.2 Å². The van der Waals surface area contributed by atoms with Crippen LogP contribution < -0.4 is 10.2 Å². The van der Waals surface area contributed by atoms with Gasteiger partial charge in [0.2, 0.25) is 5.91 Å². The fraction of sp³-hybridized carbons (Fsp3) is 0.381. The van der Waals surface area contributed by atoms with E-state index in [0.29, 0.717) is 38.5 Å². The maximum absolute atomic E-state index is 12.9. The van der Waals surface area contributed by atoms with Crippen LogP contribution in [-0.4, -0.2) is 30.5 Å². The Morgan fingerprint density at radius 2 is 1.80 bits per heavy atom. The highest BCUT2D eigenvalue weighted by atomic mass is 19.4. The zero-order valence-electron chi connectivity index (χ0n) is 16.2. The summed E-state index contributed by atoms with van der Waals surface area (Å²) in [6.45, 7) is 1.25. The normalized spacial score (nSPS) is 15.1. The van der Waals surface area contributed by atoms with E-state index < -0.39 is 22.4 Å². The van der Waals surface area contributed by atoms with Gasteiger partial charge < -0.3 is 10.2 Å². The molecule has 1 N–H and O–H groups in total. The van der Waals surface area contributed by atoms with Crippen molar-refractivity contribution in [2.24, 2.45) is 5.92 Å². The van der Waals surface area contributed by atoms with E-state index in [1.807, 2.05) is 30.3 Å². The number of nitro groups is 1. The predicted octanol–water partition coefficient (Wildman–Crippen LogP) is 4.19. The minimum absolute atomic E-state index is 0.0625. The van der Waals surface area contributed by atoms with Gasteiger partial charge >= 0.3 is 6.18 Å². The highest BCUT2D eigenvalue weighted by Crippen LogP contribution is 2.37. The van der Waals surface area contributed by atoms with Crippen LogP contribution in [0.15, 0.2) is 48.5 Å². The number of alkyl halides is 3. The van der Waals surface area contributed by atoms with Crippen LogP contribution in [-0.2, 0) is 17.4 Å². The summed E-state index contributed by atoms with van der Waals surface area (Å²) >= 11 is 0. The van der Waals surface area contributed by atoms with E-state index in [9.17, 15) is 28.1 Å². The van der Waals surface area contributed by atoms with Crippen molar-refractivity contribution in [3.63, 3.8) is 0 Å². The number of hydrogen-bond acceptors (Lipinski definition) is 4. The van der Waals surface area contributed by atoms with Crippen molar-refractivity contribution in [1.82, 2.24) is 5.32 Å². The third-order valence-corrected chi connectivity index (χ3v) is 5.26. The van der Waals surface area contributed by atoms with E-state index >= 15 is 0 Å². The van der Waals surface area contributed by atoms with Gasteiger partial charge in [0.05, 0.1) is 10.5 Å². The second-order valence-corrected chi connectivity index (χ2v) is 7.25. The van der Waals surface area contributed by atoms with Crippen molar-refractivity contribution < 1.29 is 22.9 Å². The molecule has 1 saturated heterocycles. The van der Waals surface area contributed by atoms with Crippen LogP contribution in [0.2, 0.25) is 0 Å². The largest absolute Gasteiger partial charge is 0.416 e. The smallest absolute Gasteiger partial charge is 0.366 e. The van der Waals surface area contributed by atoms with Crippen LogP contribution in [0.3, 0.4) is 0 Å². The first-order chi connectivity index (χ1) is 14.3. The van der Waals surface area contributed by atoms with Crippen molar-refractivity contribution in [1.29, 1.82) is 0 Å². The monoisotopic (exact) mass is 421 g/mol. The van der Waals surface area contributed by atoms with Crippen LogP contribution in [0.4, 0.5) is 24.5 Å². The molecule has 0 bridgehead atoms. The molecule has 0 aromatic heterocycles. The molecule has 1 heterocycles. The zero-order chi connectivity index (χ0) is 21.7. The highest BCUT2D eigenvalue weighted by molar-refractivity contribution is 5.79. The molecule has 1 fully saturated rings. The number of hydrogen-bond donors (Lipinski definition) is 1. The van der Waals surface area contributed by atoms with Gasteiger partial charge in [-0.05, 0) is 37.0 Å². The summed E-state index contributed by atoms with van der Waals surface area (Å²) in [5.74, 6) is -0.280. The zero-order valence-corrected chi connectivity index (χ0v) is 16.2. The van der Waals surface area contributed by atoms with E-state index in [1.165, 1.54) is 0 Å². The fourth-order valence-electron chi connectivity index (χ4n) is 3.62. The van der Waals surface area contributed by atoms with Gasteiger partial charge in [-0.25, -0.2) is 0 Å². The maximum Gasteiger partial charge on any atom is 0.416 e. The number of benzene rings is 2. The van der Waals surface area contributed by atoms with Gasteiger partial charge in [0.1, 0.15) is 5.69 Å². The Balaban J connectivity index is 1.57. The summed E-state index contributed by atoms with van der Waals surface area (Å²) in [4.78, 5) is 24.6. The number of nitrogens with zero attached hydrogens (tertiary/aromatic N) is 2. The molecule has 1 aliphatic heterocycles. The van der Waals surface area contributed by atoms with Crippen LogP contribution in [0, 0.1) is 16.0 Å². The predicted molar refractivity (Wildman–Crippen MR) is 106 cm³/mol. The molecule has 2 aromatic rings. The van der Waals surface area contributed by atoms with Gasteiger partial charge in [-0.15, -0.1) is 0 Å². The lowest BCUT2D eigenvalue weighted by Gasteiger charge is -2.32. The lowest BCUT2D eigenvalue weighted by molar-refractivity contribution is -0.384. The molecular formula is C21H22F3N3O3. The molecule has 30 heavy (non-hydrogen) atoms. The van der Waals surface area contributed by atoms with E-state index in [-0.39, 0.29) is 17.5 Å². The molecule has 6 nitrogen and oxygen atoms in total. The van der Waals surface area contributed by atoms with E-state index in [0.717, 1.165) is 24.1 Å². The Labute approximate surface area is 171 Å². The minimum Gasteiger partial charge on any atom is -0.366 e. The van der Waals surface area contributed by atoms with Gasteiger partial charge in [0, 0.05) is 31.6 Å². The Hall–Kier alpha value is -3.10. The SMILES string of the molecule is O=C(NCCc1ccccc1)C1CCN(c2ccc(C(F)(F)F)cc2[N+](=O)[O-])CC1. The Morgan fingerprint density at radius 1 is 1.13 bits per heavy atom. The van der Waals surface area contributed by atoms with Crippen molar-refractivity contribution in [3.05, 3.63) is 69.8 Å².